The van der Waals surface area contributed by atoms with E-state index < -0.39 is 0 Å². The lowest BCUT2D eigenvalue weighted by molar-refractivity contribution is 0.415. The lowest BCUT2D eigenvalue weighted by Crippen LogP contribution is -2.15. The van der Waals surface area contributed by atoms with Gasteiger partial charge in [0, 0.05) is 23.8 Å². The first-order valence-corrected chi connectivity index (χ1v) is 11.0. The van der Waals surface area contributed by atoms with Gasteiger partial charge >= 0.3 is 0 Å². The van der Waals surface area contributed by atoms with Crippen LogP contribution in [0.25, 0.3) is 16.3 Å². The average molecular weight is 429 g/mol. The van der Waals surface area contributed by atoms with Crippen molar-refractivity contribution in [3.8, 4) is 17.1 Å². The molecule has 0 aliphatic heterocycles. The molecule has 10 heteroatoms. The van der Waals surface area contributed by atoms with E-state index in [0.717, 1.165) is 35.6 Å². The van der Waals surface area contributed by atoms with Crippen molar-refractivity contribution < 1.29 is 4.74 Å². The van der Waals surface area contributed by atoms with Crippen molar-refractivity contribution in [3.05, 3.63) is 51.4 Å². The van der Waals surface area contributed by atoms with Gasteiger partial charge in [0.1, 0.15) is 10.8 Å². The average Bonchev–Trinajstić information content (AvgIpc) is 3.38. The molecule has 4 aromatic rings. The van der Waals surface area contributed by atoms with Crippen molar-refractivity contribution in [2.45, 2.75) is 37.1 Å². The van der Waals surface area contributed by atoms with Gasteiger partial charge in [0.15, 0.2) is 5.82 Å². The Morgan fingerprint density at radius 2 is 2.07 bits per heavy atom. The van der Waals surface area contributed by atoms with Gasteiger partial charge in [0.05, 0.1) is 12.8 Å². The standard InChI is InChI=1S/C19H20N6O2S2/c1-3-4-5-15-24-25-16(26)10-13(20-19(25)29-15)11-28-18-21-17(22-23-18)12-6-8-14(27-2)9-7-12/h6-10H,3-5,11H2,1-2H3,(H,21,22,23). The Balaban J connectivity index is 1.46. The monoisotopic (exact) mass is 428 g/mol. The topological polar surface area (TPSA) is 98.1 Å². The molecule has 1 N–H and O–H groups in total. The number of hydrogen-bond acceptors (Lipinski definition) is 8. The lowest BCUT2D eigenvalue weighted by atomic mass is 10.2. The minimum absolute atomic E-state index is 0.154. The van der Waals surface area contributed by atoms with Gasteiger partial charge in [-0.3, -0.25) is 9.89 Å². The Bertz CT molecular complexity index is 1170. The van der Waals surface area contributed by atoms with Crippen molar-refractivity contribution in [3.63, 3.8) is 0 Å². The van der Waals surface area contributed by atoms with Crippen LogP contribution in [0.2, 0.25) is 0 Å². The molecule has 0 fully saturated rings. The summed E-state index contributed by atoms with van der Waals surface area (Å²) in [6.45, 7) is 2.14. The largest absolute Gasteiger partial charge is 0.497 e. The Labute approximate surface area is 175 Å². The summed E-state index contributed by atoms with van der Waals surface area (Å²) in [5.41, 5.74) is 1.47. The Morgan fingerprint density at radius 1 is 1.24 bits per heavy atom. The fourth-order valence-corrected chi connectivity index (χ4v) is 4.38. The zero-order chi connectivity index (χ0) is 20.2. The summed E-state index contributed by atoms with van der Waals surface area (Å²) < 4.78 is 6.56. The third-order valence-electron chi connectivity index (χ3n) is 4.26. The molecule has 0 spiro atoms. The minimum atomic E-state index is -0.154. The Hall–Kier alpha value is -2.72. The molecular weight excluding hydrogens is 408 g/mol. The number of nitrogens with zero attached hydrogens (tertiary/aromatic N) is 5. The molecule has 8 nitrogen and oxygen atoms in total. The van der Waals surface area contributed by atoms with E-state index in [9.17, 15) is 4.79 Å². The number of hydrogen-bond donors (Lipinski definition) is 1. The molecule has 29 heavy (non-hydrogen) atoms. The number of aromatic nitrogens is 6. The van der Waals surface area contributed by atoms with Crippen LogP contribution in [-0.4, -0.2) is 36.9 Å². The number of aryl methyl sites for hydroxylation is 1. The van der Waals surface area contributed by atoms with Gasteiger partial charge in [0.2, 0.25) is 10.1 Å². The van der Waals surface area contributed by atoms with Gasteiger partial charge in [-0.15, -0.1) is 5.10 Å². The predicted molar refractivity (Wildman–Crippen MR) is 114 cm³/mol. The Kier molecular flexibility index (Phi) is 5.91. The number of rotatable bonds is 8. The number of methoxy groups -OCH3 is 1. The molecular formula is C19H20N6O2S2. The van der Waals surface area contributed by atoms with E-state index in [1.165, 1.54) is 33.7 Å². The van der Waals surface area contributed by atoms with Crippen LogP contribution in [0.5, 0.6) is 5.75 Å². The second kappa shape index (κ2) is 8.75. The van der Waals surface area contributed by atoms with Crippen molar-refractivity contribution in [1.29, 1.82) is 0 Å². The molecule has 0 radical (unpaired) electrons. The maximum atomic E-state index is 12.3. The molecule has 0 saturated carbocycles. The van der Waals surface area contributed by atoms with E-state index >= 15 is 0 Å². The summed E-state index contributed by atoms with van der Waals surface area (Å²) in [6.07, 6.45) is 3.02. The summed E-state index contributed by atoms with van der Waals surface area (Å²) >= 11 is 2.91. The first-order chi connectivity index (χ1) is 14.2. The van der Waals surface area contributed by atoms with Crippen molar-refractivity contribution >= 4 is 28.1 Å². The van der Waals surface area contributed by atoms with E-state index in [2.05, 4.69) is 32.2 Å². The first kappa shape index (κ1) is 19.6. The predicted octanol–water partition coefficient (Wildman–Crippen LogP) is 3.58. The molecule has 0 amide bonds. The number of aromatic amines is 1. The van der Waals surface area contributed by atoms with Crippen LogP contribution in [0, 0.1) is 0 Å². The third-order valence-corrected chi connectivity index (χ3v) is 6.11. The van der Waals surface area contributed by atoms with Crippen molar-refractivity contribution in [2.24, 2.45) is 0 Å². The van der Waals surface area contributed by atoms with Crippen LogP contribution in [-0.2, 0) is 12.2 Å². The van der Waals surface area contributed by atoms with Gasteiger partial charge in [-0.05, 0) is 30.7 Å². The zero-order valence-corrected chi connectivity index (χ0v) is 17.7. The van der Waals surface area contributed by atoms with Crippen LogP contribution >= 0.6 is 23.1 Å². The van der Waals surface area contributed by atoms with E-state index in [1.54, 1.807) is 7.11 Å². The smallest absolute Gasteiger partial charge is 0.275 e. The third kappa shape index (κ3) is 4.48. The SMILES string of the molecule is CCCCc1nn2c(=O)cc(CSc3n[nH]c(-c4ccc(OC)cc4)n3)nc2s1. The second-order valence-electron chi connectivity index (χ2n) is 6.36. The molecule has 0 saturated heterocycles. The van der Waals surface area contributed by atoms with Crippen LogP contribution in [0.4, 0.5) is 0 Å². The molecule has 0 unspecified atom stereocenters. The highest BCUT2D eigenvalue weighted by Gasteiger charge is 2.11. The second-order valence-corrected chi connectivity index (χ2v) is 8.35. The van der Waals surface area contributed by atoms with E-state index in [0.29, 0.717) is 27.4 Å². The summed E-state index contributed by atoms with van der Waals surface area (Å²) in [4.78, 5) is 22.1. The first-order valence-electron chi connectivity index (χ1n) is 9.24. The highest BCUT2D eigenvalue weighted by molar-refractivity contribution is 7.98. The van der Waals surface area contributed by atoms with Gasteiger partial charge in [0.25, 0.3) is 5.56 Å². The maximum Gasteiger partial charge on any atom is 0.275 e. The minimum Gasteiger partial charge on any atom is -0.497 e. The van der Waals surface area contributed by atoms with Gasteiger partial charge in [-0.2, -0.15) is 9.61 Å². The number of ether oxygens (including phenoxy) is 1. The van der Waals surface area contributed by atoms with E-state index in [-0.39, 0.29) is 5.56 Å². The highest BCUT2D eigenvalue weighted by Crippen LogP contribution is 2.23. The van der Waals surface area contributed by atoms with Gasteiger partial charge in [-0.25, -0.2) is 9.97 Å². The summed E-state index contributed by atoms with van der Waals surface area (Å²) in [5, 5.41) is 13.1. The van der Waals surface area contributed by atoms with Crippen molar-refractivity contribution in [1.82, 2.24) is 29.8 Å². The summed E-state index contributed by atoms with van der Waals surface area (Å²) in [6, 6.07) is 9.12. The molecule has 0 aliphatic carbocycles. The number of thioether (sulfide) groups is 1. The summed E-state index contributed by atoms with van der Waals surface area (Å²) in [5.74, 6) is 1.98. The normalized spacial score (nSPS) is 11.2. The molecule has 0 aliphatic rings. The van der Waals surface area contributed by atoms with Gasteiger partial charge < -0.3 is 4.74 Å². The number of unbranched alkanes of at least 4 members (excludes halogenated alkanes) is 1. The zero-order valence-electron chi connectivity index (χ0n) is 16.1. The fourth-order valence-electron chi connectivity index (χ4n) is 2.73. The number of nitrogens with one attached hydrogen (secondary N) is 1. The van der Waals surface area contributed by atoms with Crippen LogP contribution < -0.4 is 10.3 Å². The summed E-state index contributed by atoms with van der Waals surface area (Å²) in [7, 11) is 1.63. The number of H-pyrrole nitrogens is 1. The van der Waals surface area contributed by atoms with Crippen molar-refractivity contribution in [2.75, 3.05) is 7.11 Å². The molecule has 150 valence electrons. The van der Waals surface area contributed by atoms with E-state index in [1.807, 2.05) is 24.3 Å². The Morgan fingerprint density at radius 3 is 2.83 bits per heavy atom. The van der Waals surface area contributed by atoms with Crippen LogP contribution in [0.15, 0.2) is 40.3 Å². The van der Waals surface area contributed by atoms with Crippen LogP contribution in [0.3, 0.4) is 0 Å². The molecule has 3 heterocycles. The maximum absolute atomic E-state index is 12.3. The van der Waals surface area contributed by atoms with Crippen LogP contribution in [0.1, 0.15) is 30.5 Å². The number of fused-ring (bicyclic) bond motifs is 1. The lowest BCUT2D eigenvalue weighted by Gasteiger charge is -2.00. The quantitative estimate of drug-likeness (QED) is 0.428. The van der Waals surface area contributed by atoms with E-state index in [4.69, 9.17) is 4.74 Å². The molecule has 0 bridgehead atoms. The molecule has 4 rings (SSSR count). The number of benzene rings is 1. The molecule has 1 aromatic carbocycles. The molecule has 0 atom stereocenters. The molecule has 3 aromatic heterocycles. The fraction of sp³-hybridized carbons (Fsp3) is 0.316. The highest BCUT2D eigenvalue weighted by atomic mass is 32.2. The van der Waals surface area contributed by atoms with Gasteiger partial charge in [-0.1, -0.05) is 36.4 Å².